The zero-order chi connectivity index (χ0) is 20.2. The van der Waals surface area contributed by atoms with E-state index >= 15 is 0 Å². The Labute approximate surface area is 183 Å². The number of aliphatic hydroxyl groups excluding tert-OH is 3. The van der Waals surface area contributed by atoms with Crippen LogP contribution in [0.1, 0.15) is 41.5 Å². The SMILES string of the molecule is CC(=O)C(Br)=C(C)O.CC(=O)C(Br)=C(C)O.CC(=O)C(Br)=C(C)O.[Cr]. The molecule has 3 N–H and O–H groups in total. The van der Waals surface area contributed by atoms with E-state index in [4.69, 9.17) is 15.3 Å². The van der Waals surface area contributed by atoms with Crippen molar-refractivity contribution in [2.24, 2.45) is 0 Å². The van der Waals surface area contributed by atoms with Gasteiger partial charge in [0.2, 0.25) is 0 Å². The minimum Gasteiger partial charge on any atom is -0.511 e. The summed E-state index contributed by atoms with van der Waals surface area (Å²) in [5.74, 6) is -0.410. The van der Waals surface area contributed by atoms with Gasteiger partial charge in [-0.2, -0.15) is 0 Å². The Kier molecular flexibility index (Phi) is 22.0. The van der Waals surface area contributed by atoms with Crippen molar-refractivity contribution in [3.05, 3.63) is 30.7 Å². The molecule has 0 aromatic heterocycles. The summed E-state index contributed by atoms with van der Waals surface area (Å²) in [4.78, 5) is 31.0. The van der Waals surface area contributed by atoms with Crippen LogP contribution in [0.4, 0.5) is 0 Å². The Hall–Kier alpha value is -0.398. The Morgan fingerprint density at radius 1 is 0.520 bits per heavy atom. The van der Waals surface area contributed by atoms with Crippen LogP contribution in [-0.2, 0) is 31.7 Å². The fourth-order valence-electron chi connectivity index (χ4n) is 0.764. The summed E-state index contributed by atoms with van der Waals surface area (Å²) in [6.45, 7) is 8.49. The normalized spacial score (nSPS) is 12.4. The molecule has 0 fully saturated rings. The summed E-state index contributed by atoms with van der Waals surface area (Å²) in [6, 6.07) is 0. The second-order valence-corrected chi connectivity index (χ2v) is 6.75. The number of Topliss-reactive ketones (excluding diaryl/α,β-unsaturated/α-hetero) is 3. The molecule has 0 saturated heterocycles. The molecule has 25 heavy (non-hydrogen) atoms. The first-order valence-electron chi connectivity index (χ1n) is 6.35. The molecule has 0 heterocycles. The third-order valence-corrected chi connectivity index (χ3v) is 5.28. The fourth-order valence-corrected chi connectivity index (χ4v) is 0.764. The van der Waals surface area contributed by atoms with Crippen molar-refractivity contribution in [1.29, 1.82) is 0 Å². The van der Waals surface area contributed by atoms with Crippen molar-refractivity contribution in [2.75, 3.05) is 0 Å². The van der Waals surface area contributed by atoms with E-state index in [9.17, 15) is 14.4 Å². The van der Waals surface area contributed by atoms with E-state index in [1.807, 2.05) is 0 Å². The van der Waals surface area contributed by atoms with Gasteiger partial charge in [-0.3, -0.25) is 14.4 Å². The maximum atomic E-state index is 10.3. The van der Waals surface area contributed by atoms with Gasteiger partial charge >= 0.3 is 0 Å². The number of allylic oxidation sites excluding steroid dienone is 6. The first-order chi connectivity index (χ1) is 10.7. The second-order valence-electron chi connectivity index (χ2n) is 4.37. The van der Waals surface area contributed by atoms with Gasteiger partial charge in [-0.05, 0) is 89.3 Å². The molecule has 0 spiro atoms. The molecule has 0 unspecified atom stereocenters. The largest absolute Gasteiger partial charge is 0.511 e. The number of hydrogen-bond acceptors (Lipinski definition) is 6. The molecule has 0 rings (SSSR count). The summed E-state index contributed by atoms with van der Waals surface area (Å²) in [6.07, 6.45) is 0. The topological polar surface area (TPSA) is 112 Å². The van der Waals surface area contributed by atoms with Crippen LogP contribution >= 0.6 is 47.8 Å². The summed E-state index contributed by atoms with van der Waals surface area (Å²) in [7, 11) is 0. The van der Waals surface area contributed by atoms with E-state index in [0.29, 0.717) is 0 Å². The van der Waals surface area contributed by atoms with Crippen LogP contribution in [0.25, 0.3) is 0 Å². The number of hydrogen-bond donors (Lipinski definition) is 3. The quantitative estimate of drug-likeness (QED) is 0.306. The van der Waals surface area contributed by atoms with Gasteiger partial charge < -0.3 is 15.3 Å². The van der Waals surface area contributed by atoms with Gasteiger partial charge in [0.15, 0.2) is 17.3 Å². The molecule has 0 radical (unpaired) electrons. The zero-order valence-corrected chi connectivity index (χ0v) is 20.6. The van der Waals surface area contributed by atoms with E-state index in [-0.39, 0.29) is 65.4 Å². The Morgan fingerprint density at radius 2 is 0.640 bits per heavy atom. The zero-order valence-electron chi connectivity index (χ0n) is 14.6. The van der Waals surface area contributed by atoms with E-state index in [1.165, 1.54) is 41.5 Å². The molecule has 0 bridgehead atoms. The van der Waals surface area contributed by atoms with Crippen molar-refractivity contribution >= 4 is 65.1 Å². The maximum absolute atomic E-state index is 10.3. The van der Waals surface area contributed by atoms with Crippen molar-refractivity contribution in [2.45, 2.75) is 41.5 Å². The molecule has 0 aliphatic heterocycles. The van der Waals surface area contributed by atoms with Crippen molar-refractivity contribution < 1.29 is 47.1 Å². The smallest absolute Gasteiger partial charge is 0.170 e. The van der Waals surface area contributed by atoms with Gasteiger partial charge in [-0.1, -0.05) is 0 Å². The summed E-state index contributed by atoms with van der Waals surface area (Å²) in [5.41, 5.74) is 0. The number of aliphatic hydroxyl groups is 3. The van der Waals surface area contributed by atoms with Gasteiger partial charge in [0.05, 0.1) is 13.4 Å². The molecule has 0 aliphatic rings. The van der Waals surface area contributed by atoms with E-state index in [2.05, 4.69) is 47.8 Å². The Bertz CT molecular complexity index is 487. The summed E-state index contributed by atoms with van der Waals surface area (Å²) < 4.78 is 0.743. The van der Waals surface area contributed by atoms with Gasteiger partial charge in [0.25, 0.3) is 0 Å². The van der Waals surface area contributed by atoms with Gasteiger partial charge in [-0.15, -0.1) is 0 Å². The second kappa shape index (κ2) is 17.0. The first kappa shape index (κ1) is 32.3. The van der Waals surface area contributed by atoms with Crippen LogP contribution in [0.3, 0.4) is 0 Å². The monoisotopic (exact) mass is 586 g/mol. The van der Waals surface area contributed by atoms with E-state index in [1.54, 1.807) is 0 Å². The summed E-state index contributed by atoms with van der Waals surface area (Å²) >= 11 is 8.66. The van der Waals surface area contributed by atoms with Crippen molar-refractivity contribution in [1.82, 2.24) is 0 Å². The molecule has 6 nitrogen and oxygen atoms in total. The summed E-state index contributed by atoms with van der Waals surface area (Å²) in [5, 5.41) is 25.8. The standard InChI is InChI=1S/3C5H7BrO2.Cr/c3*1-3(7)5(6)4(2)8;/h3*7H,1-2H3;. The van der Waals surface area contributed by atoms with Crippen molar-refractivity contribution in [3.63, 3.8) is 0 Å². The molecule has 0 aliphatic carbocycles. The number of rotatable bonds is 3. The van der Waals surface area contributed by atoms with Gasteiger partial charge in [0.1, 0.15) is 17.3 Å². The van der Waals surface area contributed by atoms with Crippen LogP contribution < -0.4 is 0 Å². The molecule has 0 aromatic carbocycles. The first-order valence-corrected chi connectivity index (χ1v) is 8.73. The predicted molar refractivity (Wildman–Crippen MR) is 105 cm³/mol. The third-order valence-electron chi connectivity index (χ3n) is 1.88. The minimum absolute atomic E-state index is 0. The average Bonchev–Trinajstić information content (AvgIpc) is 2.45. The molecule has 0 saturated carbocycles. The van der Waals surface area contributed by atoms with Crippen LogP contribution in [0.15, 0.2) is 30.7 Å². The number of carbonyl (C=O) groups is 3. The van der Waals surface area contributed by atoms with Crippen LogP contribution in [0.2, 0.25) is 0 Å². The molecule has 10 heteroatoms. The van der Waals surface area contributed by atoms with Crippen LogP contribution in [0.5, 0.6) is 0 Å². The van der Waals surface area contributed by atoms with Crippen LogP contribution in [-0.4, -0.2) is 32.7 Å². The molecule has 0 amide bonds. The Balaban J connectivity index is -0.000000130. The average molecular weight is 589 g/mol. The number of ketones is 3. The van der Waals surface area contributed by atoms with E-state index < -0.39 is 0 Å². The van der Waals surface area contributed by atoms with Gasteiger partial charge in [-0.25, -0.2) is 0 Å². The van der Waals surface area contributed by atoms with Gasteiger partial charge in [0, 0.05) is 17.4 Å². The van der Waals surface area contributed by atoms with Crippen molar-refractivity contribution in [3.8, 4) is 0 Å². The number of carbonyl (C=O) groups excluding carboxylic acids is 3. The molecule has 0 aromatic rings. The van der Waals surface area contributed by atoms with E-state index in [0.717, 1.165) is 0 Å². The molecular weight excluding hydrogens is 568 g/mol. The minimum atomic E-state index is -0.162. The molecule has 144 valence electrons. The Morgan fingerprint density at radius 3 is 0.640 bits per heavy atom. The predicted octanol–water partition coefficient (Wildman–Crippen LogP) is 5.28. The maximum Gasteiger partial charge on any atom is 0.170 e. The fraction of sp³-hybridized carbons (Fsp3) is 0.400. The number of halogens is 3. The third kappa shape index (κ3) is 19.8. The molecular formula is C15H21Br3CrO6. The molecule has 0 atom stereocenters. The van der Waals surface area contributed by atoms with Crippen LogP contribution in [0, 0.1) is 0 Å².